The number of hydrogen-bond acceptors (Lipinski definition) is 7. The molecule has 14 heteroatoms. The van der Waals surface area contributed by atoms with Crippen molar-refractivity contribution in [2.24, 2.45) is 0 Å². The largest absolute Gasteiger partial charge is 0.455 e. The van der Waals surface area contributed by atoms with Gasteiger partial charge < -0.3 is 24.8 Å². The maximum absolute atomic E-state index is 13.7. The van der Waals surface area contributed by atoms with Gasteiger partial charge in [-0.25, -0.2) is 17.8 Å². The molecule has 0 spiro atoms. The molecule has 2 aromatic carbocycles. The van der Waals surface area contributed by atoms with Crippen LogP contribution in [0.5, 0.6) is 0 Å². The molecular weight excluding hydrogens is 623 g/mol. The Labute approximate surface area is 263 Å². The molecule has 0 unspecified atom stereocenters. The van der Waals surface area contributed by atoms with Gasteiger partial charge in [-0.2, -0.15) is 0 Å². The normalized spacial score (nSPS) is 15.5. The highest BCUT2D eigenvalue weighted by Crippen LogP contribution is 2.42. The van der Waals surface area contributed by atoms with Crippen LogP contribution in [0, 0.1) is 5.82 Å². The van der Waals surface area contributed by atoms with Gasteiger partial charge in [-0.05, 0) is 54.8 Å². The summed E-state index contributed by atoms with van der Waals surface area (Å²) in [5, 5.41) is 3.51. The number of nitrogens with two attached hydrogens (primary N) is 1. The Kier molecular flexibility index (Phi) is 7.69. The highest BCUT2D eigenvalue weighted by Gasteiger charge is 2.32. The number of hydrogen-bond donors (Lipinski definition) is 2. The molecule has 2 amide bonds. The van der Waals surface area contributed by atoms with Crippen molar-refractivity contribution in [3.8, 4) is 11.3 Å². The van der Waals surface area contributed by atoms with Crippen LogP contribution >= 0.6 is 11.6 Å². The summed E-state index contributed by atoms with van der Waals surface area (Å²) < 4.78 is 48.2. The van der Waals surface area contributed by atoms with Gasteiger partial charge in [0.2, 0.25) is 10.0 Å². The number of anilines is 2. The standard InChI is InChI=1S/C31H30ClFN6O5S/c1-35-30(40)27-22-12-21(25(37(2)45(3,42)43)13-26(22)44-28(27)17-6-8-20(33)9-7-17)18-5-4-10-38(14-18)31(41)24-16-39-15-19(32)11-23(34)29(39)36-24/h6-9,11-13,15-16,18H,4-5,10,14,34H2,1-3H3,(H,35,40)/t18-/m0/s1. The van der Waals surface area contributed by atoms with Gasteiger partial charge in [0.05, 0.1) is 28.2 Å². The number of sulfonamides is 1. The van der Waals surface area contributed by atoms with Gasteiger partial charge in [0.1, 0.15) is 22.9 Å². The summed E-state index contributed by atoms with van der Waals surface area (Å²) in [6, 6.07) is 10.5. The van der Waals surface area contributed by atoms with Crippen molar-refractivity contribution in [3.05, 3.63) is 82.5 Å². The first-order valence-corrected chi connectivity index (χ1v) is 16.3. The van der Waals surface area contributed by atoms with Crippen molar-refractivity contribution >= 4 is 61.4 Å². The van der Waals surface area contributed by atoms with E-state index in [1.165, 1.54) is 38.4 Å². The molecule has 1 aliphatic rings. The minimum Gasteiger partial charge on any atom is -0.455 e. The molecule has 234 valence electrons. The van der Waals surface area contributed by atoms with E-state index in [-0.39, 0.29) is 41.0 Å². The number of nitrogen functional groups attached to an aromatic ring is 1. The second kappa shape index (κ2) is 11.4. The first-order chi connectivity index (χ1) is 21.3. The summed E-state index contributed by atoms with van der Waals surface area (Å²) in [5.41, 5.74) is 9.02. The lowest BCUT2D eigenvalue weighted by molar-refractivity contribution is 0.0702. The van der Waals surface area contributed by atoms with Gasteiger partial charge in [-0.1, -0.05) is 11.6 Å². The minimum atomic E-state index is -3.71. The molecule has 11 nitrogen and oxygen atoms in total. The Hall–Kier alpha value is -4.62. The third-order valence-electron chi connectivity index (χ3n) is 8.15. The number of carbonyl (C=O) groups excluding carboxylic acids is 2. The number of benzene rings is 2. The number of nitrogens with zero attached hydrogens (tertiary/aromatic N) is 4. The molecule has 3 N–H and O–H groups in total. The molecule has 1 atom stereocenters. The van der Waals surface area contributed by atoms with Crippen LogP contribution < -0.4 is 15.4 Å². The second-order valence-corrected chi connectivity index (χ2v) is 13.5. The van der Waals surface area contributed by atoms with E-state index < -0.39 is 21.7 Å². The van der Waals surface area contributed by atoms with Gasteiger partial charge in [-0.15, -0.1) is 0 Å². The molecular formula is C31H30ClFN6O5S. The van der Waals surface area contributed by atoms with E-state index in [4.69, 9.17) is 21.8 Å². The second-order valence-electron chi connectivity index (χ2n) is 11.1. The molecule has 1 aliphatic heterocycles. The van der Waals surface area contributed by atoms with Crippen LogP contribution in [0.1, 0.15) is 45.2 Å². The smallest absolute Gasteiger partial charge is 0.274 e. The monoisotopic (exact) mass is 652 g/mol. The number of rotatable bonds is 6. The first-order valence-electron chi connectivity index (χ1n) is 14.1. The number of furan rings is 1. The number of amides is 2. The number of piperidine rings is 1. The first kappa shape index (κ1) is 30.4. The number of halogens is 2. The number of aromatic nitrogens is 2. The third kappa shape index (κ3) is 5.57. The van der Waals surface area contributed by atoms with E-state index in [0.717, 1.165) is 10.6 Å². The van der Waals surface area contributed by atoms with Crippen molar-refractivity contribution in [3.63, 3.8) is 0 Å². The predicted octanol–water partition coefficient (Wildman–Crippen LogP) is 4.90. The van der Waals surface area contributed by atoms with Crippen molar-refractivity contribution in [2.45, 2.75) is 18.8 Å². The van der Waals surface area contributed by atoms with Gasteiger partial charge in [-0.3, -0.25) is 13.9 Å². The van der Waals surface area contributed by atoms with Gasteiger partial charge in [0, 0.05) is 62.5 Å². The van der Waals surface area contributed by atoms with Crippen LogP contribution in [0.15, 0.2) is 59.3 Å². The summed E-state index contributed by atoms with van der Waals surface area (Å²) >= 11 is 6.13. The van der Waals surface area contributed by atoms with Crippen molar-refractivity contribution in [1.29, 1.82) is 0 Å². The average molecular weight is 653 g/mol. The molecule has 4 heterocycles. The van der Waals surface area contributed by atoms with Crippen LogP contribution in [0.25, 0.3) is 27.9 Å². The Morgan fingerprint density at radius 1 is 1.18 bits per heavy atom. The highest BCUT2D eigenvalue weighted by molar-refractivity contribution is 7.92. The summed E-state index contributed by atoms with van der Waals surface area (Å²) in [6.07, 6.45) is 5.60. The van der Waals surface area contributed by atoms with Crippen LogP contribution in [0.3, 0.4) is 0 Å². The summed E-state index contributed by atoms with van der Waals surface area (Å²) in [4.78, 5) is 33.0. The molecule has 45 heavy (non-hydrogen) atoms. The molecule has 6 rings (SSSR count). The molecule has 0 radical (unpaired) electrons. The lowest BCUT2D eigenvalue weighted by Gasteiger charge is -2.34. The molecule has 0 saturated carbocycles. The van der Waals surface area contributed by atoms with Crippen molar-refractivity contribution in [2.75, 3.05) is 43.5 Å². The van der Waals surface area contributed by atoms with E-state index in [1.54, 1.807) is 39.9 Å². The summed E-state index contributed by atoms with van der Waals surface area (Å²) in [5.74, 6) is -1.23. The van der Waals surface area contributed by atoms with Crippen LogP contribution in [0.4, 0.5) is 15.8 Å². The average Bonchev–Trinajstić information content (AvgIpc) is 3.61. The molecule has 1 fully saturated rings. The number of likely N-dealkylation sites (tertiary alicyclic amines) is 1. The van der Waals surface area contributed by atoms with Gasteiger partial charge in [0.15, 0.2) is 5.65 Å². The van der Waals surface area contributed by atoms with E-state index in [0.29, 0.717) is 57.9 Å². The Bertz CT molecular complexity index is 2090. The molecule has 1 saturated heterocycles. The lowest BCUT2D eigenvalue weighted by Crippen LogP contribution is -2.39. The number of pyridine rings is 1. The SMILES string of the molecule is CNC(=O)c1c(-c2ccc(F)cc2)oc2cc(N(C)S(C)(=O)=O)c([C@H]3CCCN(C(=O)c4cn5cc(Cl)cc(N)c5n4)C3)cc12. The maximum atomic E-state index is 13.7. The highest BCUT2D eigenvalue weighted by atomic mass is 35.5. The topological polar surface area (TPSA) is 143 Å². The van der Waals surface area contributed by atoms with E-state index in [2.05, 4.69) is 10.3 Å². The molecule has 3 aromatic heterocycles. The van der Waals surface area contributed by atoms with Gasteiger partial charge in [0.25, 0.3) is 11.8 Å². The lowest BCUT2D eigenvalue weighted by atomic mass is 9.88. The summed E-state index contributed by atoms with van der Waals surface area (Å²) in [7, 11) is -0.768. The van der Waals surface area contributed by atoms with Crippen LogP contribution in [-0.4, -0.2) is 68.0 Å². The number of fused-ring (bicyclic) bond motifs is 2. The number of imidazole rings is 1. The zero-order chi connectivity index (χ0) is 32.2. The Morgan fingerprint density at radius 2 is 1.91 bits per heavy atom. The fourth-order valence-corrected chi connectivity index (χ4v) is 6.59. The van der Waals surface area contributed by atoms with Gasteiger partial charge >= 0.3 is 0 Å². The van der Waals surface area contributed by atoms with Crippen LogP contribution in [-0.2, 0) is 10.0 Å². The van der Waals surface area contributed by atoms with E-state index in [1.807, 2.05) is 0 Å². The minimum absolute atomic E-state index is 0.203. The van der Waals surface area contributed by atoms with Crippen molar-refractivity contribution < 1.29 is 26.8 Å². The predicted molar refractivity (Wildman–Crippen MR) is 171 cm³/mol. The maximum Gasteiger partial charge on any atom is 0.274 e. The van der Waals surface area contributed by atoms with E-state index in [9.17, 15) is 22.4 Å². The molecule has 0 aliphatic carbocycles. The van der Waals surface area contributed by atoms with Crippen LogP contribution in [0.2, 0.25) is 5.02 Å². The Morgan fingerprint density at radius 3 is 2.60 bits per heavy atom. The Balaban J connectivity index is 1.45. The quantitative estimate of drug-likeness (QED) is 0.266. The fraction of sp³-hybridized carbons (Fsp3) is 0.258. The number of carbonyl (C=O) groups is 2. The molecule has 5 aromatic rings. The summed E-state index contributed by atoms with van der Waals surface area (Å²) in [6.45, 7) is 0.750. The molecule has 0 bridgehead atoms. The fourth-order valence-electron chi connectivity index (χ4n) is 5.85. The zero-order valence-electron chi connectivity index (χ0n) is 24.7. The zero-order valence-corrected chi connectivity index (χ0v) is 26.2. The third-order valence-corrected chi connectivity index (χ3v) is 9.55. The van der Waals surface area contributed by atoms with E-state index >= 15 is 0 Å². The van der Waals surface area contributed by atoms with Crippen molar-refractivity contribution in [1.82, 2.24) is 19.6 Å². The number of nitrogens with one attached hydrogen (secondary N) is 1.